The van der Waals surface area contributed by atoms with Crippen molar-refractivity contribution >= 4 is 11.6 Å². The van der Waals surface area contributed by atoms with Gasteiger partial charge in [-0.05, 0) is 0 Å². The zero-order valence-electron chi connectivity index (χ0n) is 8.70. The van der Waals surface area contributed by atoms with Crippen LogP contribution in [0.25, 0.3) is 0 Å². The Balaban J connectivity index is 5.98. The molecule has 0 aliphatic heterocycles. The lowest BCUT2D eigenvalue weighted by Crippen LogP contribution is -2.68. The molecule has 0 nitrogen and oxygen atoms in total. The van der Waals surface area contributed by atoms with Gasteiger partial charge in [-0.2, -0.15) is 43.9 Å². The molecule has 0 saturated carbocycles. The quantitative estimate of drug-likeness (QED) is 0.482. The van der Waals surface area contributed by atoms with Crippen LogP contribution in [0.1, 0.15) is 0 Å². The van der Waals surface area contributed by atoms with Crippen LogP contribution < -0.4 is 0 Å². The van der Waals surface area contributed by atoms with Crippen molar-refractivity contribution in [1.29, 1.82) is 0 Å². The van der Waals surface area contributed by atoms with Crippen LogP contribution in [0, 0.1) is 0 Å². The van der Waals surface area contributed by atoms with E-state index < -0.39 is 41.9 Å². The maximum absolute atomic E-state index is 12.7. The van der Waals surface area contributed by atoms with Gasteiger partial charge in [-0.25, -0.2) is 8.78 Å². The fraction of sp³-hybridized carbons (Fsp3) is 1.00. The number of halogens is 13. The minimum Gasteiger partial charge on any atom is -0.203 e. The highest BCUT2D eigenvalue weighted by atomic mass is 35.5. The summed E-state index contributed by atoms with van der Waals surface area (Å²) in [6.45, 7) is 0. The molecule has 0 saturated heterocycles. The third-order valence-electron chi connectivity index (χ3n) is 2.11. The summed E-state index contributed by atoms with van der Waals surface area (Å²) in [4.78, 5) is 0. The summed E-state index contributed by atoms with van der Waals surface area (Å²) < 4.78 is 148. The van der Waals surface area contributed by atoms with Crippen molar-refractivity contribution in [1.82, 2.24) is 0 Å². The molecule has 0 aromatic heterocycles. The Bertz CT molecular complexity index is 348. The van der Waals surface area contributed by atoms with Crippen LogP contribution in [0.2, 0.25) is 0 Å². The number of alkyl halides is 13. The molecule has 13 heteroatoms. The number of hydrogen-bond donors (Lipinski definition) is 0. The van der Waals surface area contributed by atoms with Crippen molar-refractivity contribution in [2.24, 2.45) is 0 Å². The van der Waals surface area contributed by atoms with Gasteiger partial charge in [0.25, 0.3) is 0 Å². The molecule has 0 unspecified atom stereocenters. The van der Waals surface area contributed by atoms with E-state index in [4.69, 9.17) is 0 Å². The highest BCUT2D eigenvalue weighted by molar-refractivity contribution is 6.18. The molecular weight excluding hydrogens is 348 g/mol. The molecule has 0 spiro atoms. The first kappa shape index (κ1) is 19.4. The maximum atomic E-state index is 12.7. The molecule has 0 aliphatic rings. The second kappa shape index (κ2) is 5.02. The molecule has 0 rings (SSSR count). The zero-order chi connectivity index (χ0) is 16.8. The van der Waals surface area contributed by atoms with Gasteiger partial charge >= 0.3 is 36.0 Å². The predicted octanol–water partition coefficient (Wildman–Crippen LogP) is 4.67. The van der Waals surface area contributed by atoms with Crippen molar-refractivity contribution in [2.45, 2.75) is 36.0 Å². The summed E-state index contributed by atoms with van der Waals surface area (Å²) in [6, 6.07) is 0. The lowest BCUT2D eigenvalue weighted by molar-refractivity contribution is -0.410. The van der Waals surface area contributed by atoms with Gasteiger partial charge in [0.1, 0.15) is 0 Å². The third-order valence-corrected chi connectivity index (χ3v) is 2.44. The van der Waals surface area contributed by atoms with Crippen molar-refractivity contribution in [3.8, 4) is 0 Å². The van der Waals surface area contributed by atoms with Crippen LogP contribution in [0.4, 0.5) is 52.7 Å². The number of hydrogen-bond acceptors (Lipinski definition) is 0. The topological polar surface area (TPSA) is 0 Å². The van der Waals surface area contributed by atoms with Crippen LogP contribution in [-0.2, 0) is 0 Å². The Morgan fingerprint density at radius 2 is 1.00 bits per heavy atom. The average molecular weight is 351 g/mol. The average Bonchev–Trinajstić information content (AvgIpc) is 2.27. The maximum Gasteiger partial charge on any atom is 0.384 e. The van der Waals surface area contributed by atoms with E-state index >= 15 is 0 Å². The normalized spacial score (nSPS) is 15.9. The molecule has 0 atom stereocenters. The Morgan fingerprint density at radius 3 is 1.25 bits per heavy atom. The molecule has 0 amide bonds. The predicted molar refractivity (Wildman–Crippen MR) is 41.5 cm³/mol. The van der Waals surface area contributed by atoms with Crippen LogP contribution in [0.5, 0.6) is 0 Å². The highest BCUT2D eigenvalue weighted by Crippen LogP contribution is 2.58. The van der Waals surface area contributed by atoms with Crippen LogP contribution in [0.3, 0.4) is 0 Å². The largest absolute Gasteiger partial charge is 0.384 e. The molecule has 0 fully saturated rings. The minimum atomic E-state index is -7.49. The van der Waals surface area contributed by atoms with E-state index in [1.807, 2.05) is 0 Å². The number of rotatable bonds is 6. The smallest absolute Gasteiger partial charge is 0.203 e. The molecule has 20 heavy (non-hydrogen) atoms. The molecule has 0 aromatic rings. The fourth-order valence-electron chi connectivity index (χ4n) is 0.857. The first-order chi connectivity index (χ1) is 8.50. The second-order valence-electron chi connectivity index (χ2n) is 3.48. The van der Waals surface area contributed by atoms with Gasteiger partial charge in [0.2, 0.25) is 0 Å². The van der Waals surface area contributed by atoms with Crippen LogP contribution in [0.15, 0.2) is 0 Å². The molecule has 0 heterocycles. The van der Waals surface area contributed by atoms with Gasteiger partial charge in [0.15, 0.2) is 0 Å². The fourth-order valence-corrected chi connectivity index (χ4v) is 1.02. The van der Waals surface area contributed by atoms with Crippen molar-refractivity contribution in [2.75, 3.05) is 5.88 Å². The van der Waals surface area contributed by atoms with Gasteiger partial charge < -0.3 is 0 Å². The van der Waals surface area contributed by atoms with Crippen LogP contribution in [-0.4, -0.2) is 41.9 Å². The lowest BCUT2D eigenvalue weighted by Gasteiger charge is -2.38. The lowest BCUT2D eigenvalue weighted by atomic mass is 9.95. The van der Waals surface area contributed by atoms with E-state index in [1.165, 1.54) is 0 Å². The first-order valence-electron chi connectivity index (χ1n) is 4.24. The summed E-state index contributed by atoms with van der Waals surface area (Å²) in [5.41, 5.74) is 0. The minimum absolute atomic E-state index is 2.63. The van der Waals surface area contributed by atoms with Gasteiger partial charge in [-0.15, -0.1) is 11.6 Å². The SMILES string of the molecule is FC(F)C(F)(F)C(F)(F)C(F)(F)C(F)(F)C(F)(F)CCl. The summed E-state index contributed by atoms with van der Waals surface area (Å²) in [6.07, 6.45) is -5.50. The van der Waals surface area contributed by atoms with Gasteiger partial charge in [0.05, 0.1) is 5.88 Å². The van der Waals surface area contributed by atoms with E-state index in [0.717, 1.165) is 0 Å². The summed E-state index contributed by atoms with van der Waals surface area (Å²) >= 11 is 4.17. The molecular formula is C7H3ClF12. The van der Waals surface area contributed by atoms with Gasteiger partial charge in [-0.3, -0.25) is 0 Å². The van der Waals surface area contributed by atoms with E-state index in [1.54, 1.807) is 0 Å². The third kappa shape index (κ3) is 2.39. The van der Waals surface area contributed by atoms with E-state index in [9.17, 15) is 52.7 Å². The molecule has 0 N–H and O–H groups in total. The van der Waals surface area contributed by atoms with Crippen molar-refractivity contribution in [3.63, 3.8) is 0 Å². The van der Waals surface area contributed by atoms with Gasteiger partial charge in [-0.1, -0.05) is 0 Å². The van der Waals surface area contributed by atoms with Crippen LogP contribution >= 0.6 is 11.6 Å². The first-order valence-corrected chi connectivity index (χ1v) is 4.77. The Labute approximate surface area is 107 Å². The monoisotopic (exact) mass is 350 g/mol. The molecule has 0 radical (unpaired) electrons. The Morgan fingerprint density at radius 1 is 0.650 bits per heavy atom. The van der Waals surface area contributed by atoms with E-state index in [2.05, 4.69) is 11.6 Å². The molecule has 0 aliphatic carbocycles. The Hall–Kier alpha value is -0.550. The standard InChI is InChI=1S/C7H3ClF12/c8-1-3(11,12)5(15,16)7(19,20)6(17,18)4(13,14)2(9)10/h2H,1H2. The second-order valence-corrected chi connectivity index (χ2v) is 3.75. The van der Waals surface area contributed by atoms with Gasteiger partial charge in [0, 0.05) is 0 Å². The Kier molecular flexibility index (Phi) is 4.88. The van der Waals surface area contributed by atoms with Crippen molar-refractivity contribution < 1.29 is 52.7 Å². The molecule has 0 aromatic carbocycles. The summed E-state index contributed by atoms with van der Waals surface area (Å²) in [5, 5.41) is 0. The van der Waals surface area contributed by atoms with E-state index in [-0.39, 0.29) is 0 Å². The molecule has 122 valence electrons. The zero-order valence-corrected chi connectivity index (χ0v) is 9.45. The van der Waals surface area contributed by atoms with E-state index in [0.29, 0.717) is 0 Å². The highest BCUT2D eigenvalue weighted by Gasteiger charge is 2.87. The summed E-state index contributed by atoms with van der Waals surface area (Å²) in [7, 11) is 0. The summed E-state index contributed by atoms with van der Waals surface area (Å²) in [5.74, 6) is -37.7. The molecule has 0 bridgehead atoms. The van der Waals surface area contributed by atoms with Crippen molar-refractivity contribution in [3.05, 3.63) is 0 Å².